The van der Waals surface area contributed by atoms with Gasteiger partial charge in [-0.2, -0.15) is 5.10 Å². The van der Waals surface area contributed by atoms with E-state index in [1.807, 2.05) is 25.1 Å². The van der Waals surface area contributed by atoms with Gasteiger partial charge >= 0.3 is 11.8 Å². The normalized spacial score (nSPS) is 10.6. The molecule has 0 saturated heterocycles. The predicted octanol–water partition coefficient (Wildman–Crippen LogP) is 4.64. The van der Waals surface area contributed by atoms with Crippen LogP contribution in [-0.2, 0) is 9.59 Å². The minimum atomic E-state index is -1.01. The molecule has 3 aromatic carbocycles. The van der Waals surface area contributed by atoms with Gasteiger partial charge in [-0.25, -0.2) is 5.43 Å². The fourth-order valence-electron chi connectivity index (χ4n) is 2.71. The number of hydrogen-bond acceptors (Lipinski definition) is 4. The third-order valence-electron chi connectivity index (χ3n) is 4.23. The van der Waals surface area contributed by atoms with E-state index < -0.39 is 17.7 Å². The van der Waals surface area contributed by atoms with Gasteiger partial charge in [-0.1, -0.05) is 53.5 Å². The van der Waals surface area contributed by atoms with Crippen LogP contribution in [-0.4, -0.2) is 23.9 Å². The molecule has 3 amide bonds. The highest BCUT2D eigenvalue weighted by molar-refractivity contribution is 6.40. The van der Waals surface area contributed by atoms with Gasteiger partial charge in [0.2, 0.25) is 0 Å². The highest BCUT2D eigenvalue weighted by atomic mass is 35.5. The number of carbonyl (C=O) groups excluding carboxylic acids is 3. The number of para-hydroxylation sites is 1. The van der Waals surface area contributed by atoms with Crippen LogP contribution in [0.25, 0.3) is 0 Å². The molecule has 0 radical (unpaired) electrons. The van der Waals surface area contributed by atoms with Crippen molar-refractivity contribution in [2.45, 2.75) is 6.92 Å². The minimum Gasteiger partial charge on any atom is -0.322 e. The lowest BCUT2D eigenvalue weighted by Gasteiger charge is -2.11. The van der Waals surface area contributed by atoms with Gasteiger partial charge in [0.15, 0.2) is 0 Å². The molecule has 32 heavy (non-hydrogen) atoms. The lowest BCUT2D eigenvalue weighted by Crippen LogP contribution is -2.33. The van der Waals surface area contributed by atoms with Crippen molar-refractivity contribution in [1.29, 1.82) is 0 Å². The van der Waals surface area contributed by atoms with Crippen LogP contribution in [0.1, 0.15) is 21.5 Å². The topological polar surface area (TPSA) is 99.7 Å². The highest BCUT2D eigenvalue weighted by Crippen LogP contribution is 2.20. The molecule has 0 heterocycles. The van der Waals surface area contributed by atoms with Crippen LogP contribution in [0.5, 0.6) is 0 Å². The molecule has 162 valence electrons. The second-order valence-electron chi connectivity index (χ2n) is 6.69. The van der Waals surface area contributed by atoms with E-state index in [4.69, 9.17) is 23.2 Å². The van der Waals surface area contributed by atoms with Crippen LogP contribution in [0.2, 0.25) is 10.0 Å². The van der Waals surface area contributed by atoms with E-state index in [1.54, 1.807) is 36.4 Å². The monoisotopic (exact) mass is 468 g/mol. The molecule has 0 fully saturated rings. The molecule has 0 unspecified atom stereocenters. The Balaban J connectivity index is 1.65. The summed E-state index contributed by atoms with van der Waals surface area (Å²) in [5.41, 5.74) is 4.61. The van der Waals surface area contributed by atoms with Gasteiger partial charge in [-0.05, 0) is 48.9 Å². The summed E-state index contributed by atoms with van der Waals surface area (Å²) in [5.74, 6) is -2.43. The SMILES string of the molecule is Cc1cccc(NC(=O)c2ccccc2NC(=O)C(=O)N/N=C\c2ccc(Cl)cc2Cl)c1. The lowest BCUT2D eigenvalue weighted by molar-refractivity contribution is -0.136. The molecule has 0 aliphatic carbocycles. The Morgan fingerprint density at radius 1 is 0.875 bits per heavy atom. The van der Waals surface area contributed by atoms with Crippen LogP contribution >= 0.6 is 23.2 Å². The van der Waals surface area contributed by atoms with Crippen molar-refractivity contribution in [2.75, 3.05) is 10.6 Å². The molecule has 0 aliphatic rings. The number of nitrogens with zero attached hydrogens (tertiary/aromatic N) is 1. The van der Waals surface area contributed by atoms with E-state index >= 15 is 0 Å². The molecule has 0 bridgehead atoms. The summed E-state index contributed by atoms with van der Waals surface area (Å²) in [6.07, 6.45) is 1.28. The molecule has 0 atom stereocenters. The number of rotatable bonds is 5. The van der Waals surface area contributed by atoms with E-state index in [0.717, 1.165) is 5.56 Å². The molecule has 0 saturated carbocycles. The molecule has 3 N–H and O–H groups in total. The summed E-state index contributed by atoms with van der Waals surface area (Å²) in [5, 5.41) is 9.72. The third-order valence-corrected chi connectivity index (χ3v) is 4.80. The summed E-state index contributed by atoms with van der Waals surface area (Å²) < 4.78 is 0. The van der Waals surface area contributed by atoms with E-state index in [0.29, 0.717) is 21.3 Å². The van der Waals surface area contributed by atoms with E-state index in [1.165, 1.54) is 18.3 Å². The first-order valence-corrected chi connectivity index (χ1v) is 10.2. The van der Waals surface area contributed by atoms with Crippen LogP contribution < -0.4 is 16.1 Å². The average molecular weight is 469 g/mol. The fourth-order valence-corrected chi connectivity index (χ4v) is 3.17. The number of nitrogens with one attached hydrogen (secondary N) is 3. The molecule has 0 spiro atoms. The standard InChI is InChI=1S/C23H18Cl2N4O3/c1-14-5-4-6-17(11-14)27-21(30)18-7-2-3-8-20(18)28-22(31)23(32)29-26-13-15-9-10-16(24)12-19(15)25/h2-13H,1H3,(H,27,30)(H,28,31)(H,29,32)/b26-13-. The maximum atomic E-state index is 12.7. The van der Waals surface area contributed by atoms with Crippen molar-refractivity contribution < 1.29 is 14.4 Å². The van der Waals surface area contributed by atoms with Gasteiger partial charge in [-0.3, -0.25) is 14.4 Å². The summed E-state index contributed by atoms with van der Waals surface area (Å²) >= 11 is 11.8. The second kappa shape index (κ2) is 10.6. The first-order valence-electron chi connectivity index (χ1n) is 9.40. The van der Waals surface area contributed by atoms with Crippen LogP contribution in [0.15, 0.2) is 71.8 Å². The zero-order chi connectivity index (χ0) is 23.1. The van der Waals surface area contributed by atoms with Gasteiger partial charge in [0, 0.05) is 16.3 Å². The predicted molar refractivity (Wildman–Crippen MR) is 126 cm³/mol. The molecule has 9 heteroatoms. The third kappa shape index (κ3) is 6.16. The largest absolute Gasteiger partial charge is 0.329 e. The number of halogens is 2. The Kier molecular flexibility index (Phi) is 7.59. The number of anilines is 2. The van der Waals surface area contributed by atoms with Gasteiger partial charge in [-0.15, -0.1) is 0 Å². The molecule has 0 aliphatic heterocycles. The molecular formula is C23H18Cl2N4O3. The van der Waals surface area contributed by atoms with Gasteiger partial charge in [0.05, 0.1) is 22.5 Å². The van der Waals surface area contributed by atoms with Crippen molar-refractivity contribution in [2.24, 2.45) is 5.10 Å². The molecule has 7 nitrogen and oxygen atoms in total. The van der Waals surface area contributed by atoms with E-state index in [2.05, 4.69) is 21.2 Å². The smallest absolute Gasteiger partial charge is 0.322 e. The van der Waals surface area contributed by atoms with Crippen LogP contribution in [0, 0.1) is 6.92 Å². The quantitative estimate of drug-likeness (QED) is 0.288. The van der Waals surface area contributed by atoms with Crippen molar-refractivity contribution in [3.8, 4) is 0 Å². The van der Waals surface area contributed by atoms with Crippen LogP contribution in [0.4, 0.5) is 11.4 Å². The maximum Gasteiger partial charge on any atom is 0.329 e. The Bertz CT molecular complexity index is 1210. The zero-order valence-electron chi connectivity index (χ0n) is 16.9. The summed E-state index contributed by atoms with van der Waals surface area (Å²) in [4.78, 5) is 37.0. The number of aryl methyl sites for hydroxylation is 1. The number of benzene rings is 3. The zero-order valence-corrected chi connectivity index (χ0v) is 18.4. The number of carbonyl (C=O) groups is 3. The van der Waals surface area contributed by atoms with Gasteiger partial charge in [0.1, 0.15) is 0 Å². The van der Waals surface area contributed by atoms with E-state index in [9.17, 15) is 14.4 Å². The number of amides is 3. The van der Waals surface area contributed by atoms with Gasteiger partial charge < -0.3 is 10.6 Å². The first kappa shape index (κ1) is 23.0. The Labute approximate surface area is 194 Å². The first-order chi connectivity index (χ1) is 15.3. The summed E-state index contributed by atoms with van der Waals surface area (Å²) in [7, 11) is 0. The molecule has 3 rings (SSSR count). The summed E-state index contributed by atoms with van der Waals surface area (Å²) in [6.45, 7) is 1.91. The molecular weight excluding hydrogens is 451 g/mol. The van der Waals surface area contributed by atoms with Gasteiger partial charge in [0.25, 0.3) is 5.91 Å². The Morgan fingerprint density at radius 3 is 2.41 bits per heavy atom. The maximum absolute atomic E-state index is 12.7. The lowest BCUT2D eigenvalue weighted by atomic mass is 10.1. The second-order valence-corrected chi connectivity index (χ2v) is 7.53. The minimum absolute atomic E-state index is 0.183. The van der Waals surface area contributed by atoms with Crippen molar-refractivity contribution in [3.05, 3.63) is 93.5 Å². The number of hydrazone groups is 1. The van der Waals surface area contributed by atoms with Crippen LogP contribution in [0.3, 0.4) is 0 Å². The molecule has 0 aromatic heterocycles. The number of hydrogen-bond donors (Lipinski definition) is 3. The van der Waals surface area contributed by atoms with E-state index in [-0.39, 0.29) is 11.3 Å². The summed E-state index contributed by atoms with van der Waals surface area (Å²) in [6, 6.07) is 18.4. The van der Waals surface area contributed by atoms with Crippen molar-refractivity contribution in [1.82, 2.24) is 5.43 Å². The van der Waals surface area contributed by atoms with Crippen molar-refractivity contribution >= 4 is 58.5 Å². The highest BCUT2D eigenvalue weighted by Gasteiger charge is 2.17. The average Bonchev–Trinajstić information content (AvgIpc) is 2.75. The van der Waals surface area contributed by atoms with Crippen molar-refractivity contribution in [3.63, 3.8) is 0 Å². The fraction of sp³-hybridized carbons (Fsp3) is 0.0435. The Hall–Kier alpha value is -3.68. The Morgan fingerprint density at radius 2 is 1.66 bits per heavy atom. The molecule has 3 aromatic rings.